The van der Waals surface area contributed by atoms with Crippen molar-refractivity contribution < 1.29 is 4.79 Å². The second kappa shape index (κ2) is 4.41. The van der Waals surface area contributed by atoms with Crippen molar-refractivity contribution in [2.75, 3.05) is 0 Å². The van der Waals surface area contributed by atoms with Crippen molar-refractivity contribution >= 4 is 6.29 Å². The quantitative estimate of drug-likeness (QED) is 0.663. The zero-order chi connectivity index (χ0) is 9.80. The number of aryl methyl sites for hydroxylation is 1. The minimum Gasteiger partial charge on any atom is -0.303 e. The summed E-state index contributed by atoms with van der Waals surface area (Å²) in [6.07, 6.45) is 6.60. The lowest BCUT2D eigenvalue weighted by molar-refractivity contribution is -0.107. The lowest BCUT2D eigenvalue weighted by Gasteiger charge is -2.26. The predicted octanol–water partition coefficient (Wildman–Crippen LogP) is 3.09. The van der Waals surface area contributed by atoms with Crippen LogP contribution in [0.15, 0.2) is 24.3 Å². The summed E-state index contributed by atoms with van der Waals surface area (Å²) in [5, 5.41) is 0. The van der Waals surface area contributed by atoms with Gasteiger partial charge in [0.05, 0.1) is 0 Å². The van der Waals surface area contributed by atoms with E-state index in [9.17, 15) is 4.79 Å². The maximum atomic E-state index is 10.3. The van der Waals surface area contributed by atoms with Crippen LogP contribution in [0.1, 0.15) is 42.7 Å². The molecule has 1 heteroatoms. The monoisotopic (exact) mass is 188 g/mol. The molecule has 0 aliphatic heterocycles. The van der Waals surface area contributed by atoms with Crippen molar-refractivity contribution in [2.45, 2.75) is 38.0 Å². The molecular formula is C13H16O. The fourth-order valence-corrected chi connectivity index (χ4v) is 1.97. The summed E-state index contributed by atoms with van der Waals surface area (Å²) in [7, 11) is 0. The van der Waals surface area contributed by atoms with Gasteiger partial charge in [0.1, 0.15) is 6.29 Å². The van der Waals surface area contributed by atoms with E-state index in [1.54, 1.807) is 0 Å². The average molecular weight is 188 g/mol. The van der Waals surface area contributed by atoms with Crippen molar-refractivity contribution in [3.63, 3.8) is 0 Å². The molecule has 1 aliphatic carbocycles. The maximum absolute atomic E-state index is 10.3. The molecule has 0 amide bonds. The van der Waals surface area contributed by atoms with Crippen LogP contribution < -0.4 is 0 Å². The first-order valence-electron chi connectivity index (χ1n) is 5.42. The molecule has 1 saturated carbocycles. The molecule has 0 saturated heterocycles. The van der Waals surface area contributed by atoms with Gasteiger partial charge in [-0.15, -0.1) is 0 Å². The summed E-state index contributed by atoms with van der Waals surface area (Å²) in [6, 6.07) is 8.72. The SMILES string of the molecule is O=CCCc1cccc(C2CCC2)c1. The minimum absolute atomic E-state index is 0.647. The van der Waals surface area contributed by atoms with Crippen LogP contribution >= 0.6 is 0 Å². The molecule has 0 N–H and O–H groups in total. The molecule has 0 aromatic heterocycles. The van der Waals surface area contributed by atoms with Crippen LogP contribution in [0, 0.1) is 0 Å². The highest BCUT2D eigenvalue weighted by Crippen LogP contribution is 2.36. The molecule has 0 radical (unpaired) electrons. The van der Waals surface area contributed by atoms with Crippen LogP contribution in [0.4, 0.5) is 0 Å². The highest BCUT2D eigenvalue weighted by atomic mass is 16.1. The molecule has 14 heavy (non-hydrogen) atoms. The summed E-state index contributed by atoms with van der Waals surface area (Å²) in [5.41, 5.74) is 2.78. The highest BCUT2D eigenvalue weighted by Gasteiger charge is 2.19. The Morgan fingerprint density at radius 1 is 1.36 bits per heavy atom. The third kappa shape index (κ3) is 2.03. The van der Waals surface area contributed by atoms with Crippen molar-refractivity contribution in [3.05, 3.63) is 35.4 Å². The van der Waals surface area contributed by atoms with E-state index < -0.39 is 0 Å². The van der Waals surface area contributed by atoms with Gasteiger partial charge in [-0.3, -0.25) is 0 Å². The topological polar surface area (TPSA) is 17.1 Å². The molecule has 74 valence electrons. The standard InChI is InChI=1S/C13H16O/c14-9-3-5-11-4-1-8-13(10-11)12-6-2-7-12/h1,4,8-10,12H,2-3,5-7H2. The van der Waals surface area contributed by atoms with E-state index in [2.05, 4.69) is 24.3 Å². The maximum Gasteiger partial charge on any atom is 0.120 e. The number of hydrogen-bond donors (Lipinski definition) is 0. The van der Waals surface area contributed by atoms with Crippen LogP contribution in [-0.2, 0) is 11.2 Å². The minimum atomic E-state index is 0.647. The Kier molecular flexibility index (Phi) is 2.97. The first-order valence-corrected chi connectivity index (χ1v) is 5.42. The third-order valence-electron chi connectivity index (χ3n) is 3.08. The van der Waals surface area contributed by atoms with E-state index in [1.807, 2.05) is 0 Å². The van der Waals surface area contributed by atoms with Crippen molar-refractivity contribution in [1.82, 2.24) is 0 Å². The first-order chi connectivity index (χ1) is 6.90. The van der Waals surface area contributed by atoms with Crippen LogP contribution in [0.25, 0.3) is 0 Å². The van der Waals surface area contributed by atoms with Crippen LogP contribution in [0.5, 0.6) is 0 Å². The van der Waals surface area contributed by atoms with Crippen molar-refractivity contribution in [3.8, 4) is 0 Å². The molecule has 2 rings (SSSR count). The Morgan fingerprint density at radius 2 is 2.21 bits per heavy atom. The lowest BCUT2D eigenvalue weighted by Crippen LogP contribution is -2.08. The summed E-state index contributed by atoms with van der Waals surface area (Å²) in [5.74, 6) is 0.797. The number of carbonyl (C=O) groups is 1. The smallest absolute Gasteiger partial charge is 0.120 e. The van der Waals surface area contributed by atoms with Gasteiger partial charge in [0, 0.05) is 6.42 Å². The number of benzene rings is 1. The highest BCUT2D eigenvalue weighted by molar-refractivity contribution is 5.50. The van der Waals surface area contributed by atoms with E-state index in [4.69, 9.17) is 0 Å². The van der Waals surface area contributed by atoms with Gasteiger partial charge in [-0.05, 0) is 36.3 Å². The molecule has 0 unspecified atom stereocenters. The Labute approximate surface area is 85.1 Å². The fourth-order valence-electron chi connectivity index (χ4n) is 1.97. The molecule has 1 aromatic rings. The van der Waals surface area contributed by atoms with E-state index in [1.165, 1.54) is 30.4 Å². The zero-order valence-electron chi connectivity index (χ0n) is 8.41. The molecule has 1 nitrogen and oxygen atoms in total. The van der Waals surface area contributed by atoms with Gasteiger partial charge in [0.15, 0.2) is 0 Å². The van der Waals surface area contributed by atoms with Gasteiger partial charge in [-0.25, -0.2) is 0 Å². The Bertz CT molecular complexity index is 313. The normalized spacial score (nSPS) is 16.3. The average Bonchev–Trinajstić information content (AvgIpc) is 2.13. The molecule has 0 bridgehead atoms. The number of aldehydes is 1. The Balaban J connectivity index is 2.05. The van der Waals surface area contributed by atoms with Crippen molar-refractivity contribution in [1.29, 1.82) is 0 Å². The van der Waals surface area contributed by atoms with Crippen molar-refractivity contribution in [2.24, 2.45) is 0 Å². The lowest BCUT2D eigenvalue weighted by atomic mass is 9.79. The molecule has 0 atom stereocenters. The van der Waals surface area contributed by atoms with Gasteiger partial charge in [-0.2, -0.15) is 0 Å². The molecule has 0 heterocycles. The van der Waals surface area contributed by atoms with Gasteiger partial charge in [0.2, 0.25) is 0 Å². The fraction of sp³-hybridized carbons (Fsp3) is 0.462. The summed E-state index contributed by atoms with van der Waals surface area (Å²) in [4.78, 5) is 10.3. The third-order valence-corrected chi connectivity index (χ3v) is 3.08. The number of carbonyl (C=O) groups excluding carboxylic acids is 1. The summed E-state index contributed by atoms with van der Waals surface area (Å²) < 4.78 is 0. The van der Waals surface area contributed by atoms with Gasteiger partial charge in [0.25, 0.3) is 0 Å². The van der Waals surface area contributed by atoms with E-state index >= 15 is 0 Å². The second-order valence-electron chi connectivity index (χ2n) is 4.08. The molecular weight excluding hydrogens is 172 g/mol. The van der Waals surface area contributed by atoms with E-state index in [-0.39, 0.29) is 0 Å². The van der Waals surface area contributed by atoms with Gasteiger partial charge in [-0.1, -0.05) is 30.7 Å². The molecule has 1 aromatic carbocycles. The largest absolute Gasteiger partial charge is 0.303 e. The Hall–Kier alpha value is -1.11. The molecule has 1 fully saturated rings. The van der Waals surface area contributed by atoms with Gasteiger partial charge < -0.3 is 4.79 Å². The van der Waals surface area contributed by atoms with E-state index in [0.717, 1.165) is 18.6 Å². The van der Waals surface area contributed by atoms with Crippen LogP contribution in [-0.4, -0.2) is 6.29 Å². The van der Waals surface area contributed by atoms with Crippen LogP contribution in [0.2, 0.25) is 0 Å². The summed E-state index contributed by atoms with van der Waals surface area (Å²) >= 11 is 0. The van der Waals surface area contributed by atoms with Crippen LogP contribution in [0.3, 0.4) is 0 Å². The van der Waals surface area contributed by atoms with Gasteiger partial charge >= 0.3 is 0 Å². The Morgan fingerprint density at radius 3 is 2.86 bits per heavy atom. The predicted molar refractivity (Wildman–Crippen MR) is 57.4 cm³/mol. The summed E-state index contributed by atoms with van der Waals surface area (Å²) in [6.45, 7) is 0. The molecule has 1 aliphatic rings. The first kappa shape index (κ1) is 9.45. The van der Waals surface area contributed by atoms with E-state index in [0.29, 0.717) is 6.42 Å². The number of rotatable bonds is 4. The number of hydrogen-bond acceptors (Lipinski definition) is 1. The second-order valence-corrected chi connectivity index (χ2v) is 4.08. The molecule has 0 spiro atoms. The zero-order valence-corrected chi connectivity index (χ0v) is 8.41.